The third-order valence-electron chi connectivity index (χ3n) is 7.19. The molecule has 4 rings (SSSR count). The monoisotopic (exact) mass is 263 g/mol. The van der Waals surface area contributed by atoms with Crippen molar-refractivity contribution in [1.82, 2.24) is 4.90 Å². The Bertz CT molecular complexity index is 430. The Morgan fingerprint density at radius 2 is 1.95 bits per heavy atom. The van der Waals surface area contributed by atoms with Crippen LogP contribution in [0.3, 0.4) is 0 Å². The fourth-order valence-corrected chi connectivity index (χ4v) is 5.59. The summed E-state index contributed by atoms with van der Waals surface area (Å²) in [6, 6.07) is 0. The molecule has 4 atom stereocenters. The van der Waals surface area contributed by atoms with Gasteiger partial charge in [-0.15, -0.1) is 0 Å². The molecule has 2 saturated carbocycles. The molecular weight excluding hydrogens is 238 g/mol. The second kappa shape index (κ2) is 3.55. The van der Waals surface area contributed by atoms with E-state index in [9.17, 15) is 4.79 Å². The fourth-order valence-electron chi connectivity index (χ4n) is 5.59. The van der Waals surface area contributed by atoms with Crippen LogP contribution >= 0.6 is 0 Å². The van der Waals surface area contributed by atoms with Gasteiger partial charge in [-0.1, -0.05) is 13.8 Å². The molecule has 2 heterocycles. The van der Waals surface area contributed by atoms with E-state index < -0.39 is 5.60 Å². The summed E-state index contributed by atoms with van der Waals surface area (Å²) in [6.07, 6.45) is 7.06. The van der Waals surface area contributed by atoms with Crippen LogP contribution < -0.4 is 0 Å². The lowest BCUT2D eigenvalue weighted by Crippen LogP contribution is -2.57. The van der Waals surface area contributed by atoms with Gasteiger partial charge in [0.05, 0.1) is 6.61 Å². The molecule has 4 fully saturated rings. The third kappa shape index (κ3) is 1.17. The van der Waals surface area contributed by atoms with Crippen molar-refractivity contribution in [2.24, 2.45) is 16.7 Å². The first-order chi connectivity index (χ1) is 9.04. The molecule has 0 unspecified atom stereocenters. The number of carbonyl (C=O) groups is 1. The quantitative estimate of drug-likeness (QED) is 0.728. The summed E-state index contributed by atoms with van der Waals surface area (Å²) in [4.78, 5) is 15.2. The molecule has 3 nitrogen and oxygen atoms in total. The van der Waals surface area contributed by atoms with Gasteiger partial charge in [-0.05, 0) is 44.4 Å². The number of hydrogen-bond acceptors (Lipinski definition) is 2. The molecule has 0 aromatic carbocycles. The van der Waals surface area contributed by atoms with E-state index in [4.69, 9.17) is 4.74 Å². The van der Waals surface area contributed by atoms with Crippen LogP contribution in [0, 0.1) is 16.7 Å². The van der Waals surface area contributed by atoms with Crippen molar-refractivity contribution in [2.45, 2.75) is 58.0 Å². The Morgan fingerprint density at radius 1 is 1.21 bits per heavy atom. The van der Waals surface area contributed by atoms with Crippen molar-refractivity contribution in [2.75, 3.05) is 19.7 Å². The predicted molar refractivity (Wildman–Crippen MR) is 72.7 cm³/mol. The van der Waals surface area contributed by atoms with Crippen molar-refractivity contribution < 1.29 is 9.53 Å². The molecule has 4 aliphatic rings. The van der Waals surface area contributed by atoms with E-state index in [1.165, 1.54) is 32.1 Å². The lowest BCUT2D eigenvalue weighted by molar-refractivity contribution is -0.168. The molecule has 4 bridgehead atoms. The van der Waals surface area contributed by atoms with E-state index in [1.54, 1.807) is 0 Å². The lowest BCUT2D eigenvalue weighted by atomic mass is 9.65. The highest BCUT2D eigenvalue weighted by molar-refractivity contribution is 5.88. The average molecular weight is 263 g/mol. The van der Waals surface area contributed by atoms with Crippen molar-refractivity contribution in [1.29, 1.82) is 0 Å². The summed E-state index contributed by atoms with van der Waals surface area (Å²) in [7, 11) is 0. The van der Waals surface area contributed by atoms with Crippen LogP contribution in [0.1, 0.15) is 52.4 Å². The minimum absolute atomic E-state index is 0.0825. The molecule has 3 heteroatoms. The molecule has 106 valence electrons. The van der Waals surface area contributed by atoms with E-state index in [0.717, 1.165) is 26.1 Å². The number of piperidine rings is 1. The van der Waals surface area contributed by atoms with Gasteiger partial charge in [-0.2, -0.15) is 0 Å². The van der Waals surface area contributed by atoms with Crippen LogP contribution in [0.2, 0.25) is 0 Å². The van der Waals surface area contributed by atoms with E-state index in [0.29, 0.717) is 11.8 Å². The van der Waals surface area contributed by atoms with Crippen LogP contribution in [0.5, 0.6) is 0 Å². The number of ether oxygens (including phenoxy) is 1. The molecule has 0 aromatic rings. The molecule has 2 aliphatic carbocycles. The number of nitrogens with zero attached hydrogens (tertiary/aromatic N) is 1. The summed E-state index contributed by atoms with van der Waals surface area (Å²) < 4.78 is 6.20. The summed E-state index contributed by atoms with van der Waals surface area (Å²) >= 11 is 0. The van der Waals surface area contributed by atoms with Crippen LogP contribution in [0.25, 0.3) is 0 Å². The van der Waals surface area contributed by atoms with Gasteiger partial charge in [0.1, 0.15) is 0 Å². The number of carbonyl (C=O) groups excluding carboxylic acids is 1. The lowest BCUT2D eigenvalue weighted by Gasteiger charge is -2.43. The van der Waals surface area contributed by atoms with Crippen molar-refractivity contribution in [3.05, 3.63) is 0 Å². The summed E-state index contributed by atoms with van der Waals surface area (Å²) in [5.41, 5.74) is -0.139. The Balaban J connectivity index is 1.69. The fraction of sp³-hybridized carbons (Fsp3) is 0.938. The SMILES string of the molecule is C[C@]12CC[C@H]3C[C@@]1(C(=O)N1CCCCC1)OC[C@@]32C. The third-order valence-corrected chi connectivity index (χ3v) is 7.19. The van der Waals surface area contributed by atoms with Gasteiger partial charge in [-0.25, -0.2) is 0 Å². The largest absolute Gasteiger partial charge is 0.364 e. The van der Waals surface area contributed by atoms with Gasteiger partial charge in [-0.3, -0.25) is 4.79 Å². The molecule has 1 amide bonds. The number of likely N-dealkylation sites (tertiary alicyclic amines) is 1. The minimum Gasteiger partial charge on any atom is -0.364 e. The van der Waals surface area contributed by atoms with Crippen LogP contribution in [-0.4, -0.2) is 36.1 Å². The first-order valence-corrected chi connectivity index (χ1v) is 7.97. The van der Waals surface area contributed by atoms with Crippen molar-refractivity contribution in [3.8, 4) is 0 Å². The first kappa shape index (κ1) is 12.2. The second-order valence-electron chi connectivity index (χ2n) is 7.66. The maximum Gasteiger partial charge on any atom is 0.255 e. The Labute approximate surface area is 115 Å². The normalized spacial score (nSPS) is 51.9. The highest BCUT2D eigenvalue weighted by Gasteiger charge is 2.78. The van der Waals surface area contributed by atoms with Crippen molar-refractivity contribution in [3.63, 3.8) is 0 Å². The van der Waals surface area contributed by atoms with Gasteiger partial charge >= 0.3 is 0 Å². The van der Waals surface area contributed by atoms with Gasteiger partial charge in [0.25, 0.3) is 5.91 Å². The molecule has 2 saturated heterocycles. The average Bonchev–Trinajstić information content (AvgIpc) is 2.91. The molecule has 0 aromatic heterocycles. The smallest absolute Gasteiger partial charge is 0.255 e. The Morgan fingerprint density at radius 3 is 2.58 bits per heavy atom. The number of rotatable bonds is 1. The summed E-state index contributed by atoms with van der Waals surface area (Å²) in [5.74, 6) is 1.03. The van der Waals surface area contributed by atoms with Crippen LogP contribution in [-0.2, 0) is 9.53 Å². The van der Waals surface area contributed by atoms with E-state index >= 15 is 0 Å². The molecule has 2 aliphatic heterocycles. The minimum atomic E-state index is -0.470. The van der Waals surface area contributed by atoms with Gasteiger partial charge < -0.3 is 9.64 Å². The van der Waals surface area contributed by atoms with Gasteiger partial charge in [0.2, 0.25) is 0 Å². The number of hydrogen-bond donors (Lipinski definition) is 0. The summed E-state index contributed by atoms with van der Waals surface area (Å²) in [6.45, 7) is 7.38. The summed E-state index contributed by atoms with van der Waals surface area (Å²) in [5, 5.41) is 0. The van der Waals surface area contributed by atoms with Crippen molar-refractivity contribution >= 4 is 5.91 Å². The zero-order valence-corrected chi connectivity index (χ0v) is 12.2. The molecule has 19 heavy (non-hydrogen) atoms. The van der Waals surface area contributed by atoms with Crippen LogP contribution in [0.4, 0.5) is 0 Å². The number of amides is 1. The van der Waals surface area contributed by atoms with Gasteiger partial charge in [0.15, 0.2) is 5.60 Å². The zero-order chi connectivity index (χ0) is 13.3. The standard InChI is InChI=1S/C16H25NO2/c1-14-11-19-16(10-12(14)6-7-15(14,16)2)13(18)17-8-4-3-5-9-17/h12H,3-11H2,1-2H3/t12-,14-,15+,16-/m0/s1. The Hall–Kier alpha value is -0.570. The highest BCUT2D eigenvalue weighted by Crippen LogP contribution is 2.75. The molecule has 0 radical (unpaired) electrons. The second-order valence-corrected chi connectivity index (χ2v) is 7.66. The van der Waals surface area contributed by atoms with E-state index in [1.807, 2.05) is 0 Å². The highest BCUT2D eigenvalue weighted by atomic mass is 16.5. The zero-order valence-electron chi connectivity index (χ0n) is 12.2. The van der Waals surface area contributed by atoms with E-state index in [-0.39, 0.29) is 10.8 Å². The molecule has 0 spiro atoms. The predicted octanol–water partition coefficient (Wildman–Crippen LogP) is 2.59. The maximum atomic E-state index is 13.1. The molecular formula is C16H25NO2. The topological polar surface area (TPSA) is 29.5 Å². The molecule has 0 N–H and O–H groups in total. The first-order valence-electron chi connectivity index (χ1n) is 7.97. The maximum absolute atomic E-state index is 13.1. The van der Waals surface area contributed by atoms with E-state index in [2.05, 4.69) is 18.7 Å². The van der Waals surface area contributed by atoms with Gasteiger partial charge in [0, 0.05) is 23.9 Å². The van der Waals surface area contributed by atoms with Crippen LogP contribution in [0.15, 0.2) is 0 Å². The Kier molecular flexibility index (Phi) is 2.27.